The molecular weight excluding hydrogens is 271 g/mol. The predicted octanol–water partition coefficient (Wildman–Crippen LogP) is 3.95. The lowest BCUT2D eigenvalue weighted by Gasteiger charge is -2.21. The molecule has 3 nitrogen and oxygen atoms in total. The van der Waals surface area contributed by atoms with Gasteiger partial charge in [0.15, 0.2) is 0 Å². The van der Waals surface area contributed by atoms with Gasteiger partial charge in [0.25, 0.3) is 0 Å². The fraction of sp³-hybridized carbons (Fsp3) is 0.235. The van der Waals surface area contributed by atoms with Crippen molar-refractivity contribution < 1.29 is 18.3 Å². The SMILES string of the molecule is CC1(C)OC(=O)CC1=C(c1ccc(F)cc1)c1ccco1. The molecule has 1 aromatic carbocycles. The highest BCUT2D eigenvalue weighted by atomic mass is 19.1. The minimum atomic E-state index is -0.701. The summed E-state index contributed by atoms with van der Waals surface area (Å²) in [4.78, 5) is 11.7. The normalized spacial score (nSPS) is 19.5. The van der Waals surface area contributed by atoms with Crippen LogP contribution in [0.3, 0.4) is 0 Å². The van der Waals surface area contributed by atoms with Crippen LogP contribution >= 0.6 is 0 Å². The Morgan fingerprint density at radius 2 is 1.90 bits per heavy atom. The van der Waals surface area contributed by atoms with Crippen molar-refractivity contribution in [2.45, 2.75) is 25.9 Å². The number of hydrogen-bond donors (Lipinski definition) is 0. The van der Waals surface area contributed by atoms with E-state index in [0.717, 1.165) is 16.7 Å². The summed E-state index contributed by atoms with van der Waals surface area (Å²) in [7, 11) is 0. The Hall–Kier alpha value is -2.36. The molecule has 21 heavy (non-hydrogen) atoms. The van der Waals surface area contributed by atoms with E-state index in [1.807, 2.05) is 19.9 Å². The van der Waals surface area contributed by atoms with E-state index < -0.39 is 5.60 Å². The van der Waals surface area contributed by atoms with E-state index in [4.69, 9.17) is 9.15 Å². The standard InChI is InChI=1S/C17H15FO3/c1-17(2)13(10-15(19)21-17)16(14-4-3-9-20-14)11-5-7-12(18)8-6-11/h3-9H,10H2,1-2H3. The van der Waals surface area contributed by atoms with Crippen molar-refractivity contribution in [1.82, 2.24) is 0 Å². The van der Waals surface area contributed by atoms with E-state index in [9.17, 15) is 9.18 Å². The highest BCUT2D eigenvalue weighted by molar-refractivity contribution is 5.88. The summed E-state index contributed by atoms with van der Waals surface area (Å²) in [5.41, 5.74) is 1.73. The monoisotopic (exact) mass is 286 g/mol. The van der Waals surface area contributed by atoms with Crippen LogP contribution in [-0.4, -0.2) is 11.6 Å². The molecule has 0 bridgehead atoms. The smallest absolute Gasteiger partial charge is 0.310 e. The molecule has 0 amide bonds. The summed E-state index contributed by atoms with van der Waals surface area (Å²) in [5, 5.41) is 0. The Morgan fingerprint density at radius 3 is 2.43 bits per heavy atom. The number of cyclic esters (lactones) is 1. The molecular formula is C17H15FO3. The largest absolute Gasteiger partial charge is 0.464 e. The van der Waals surface area contributed by atoms with Gasteiger partial charge in [-0.15, -0.1) is 0 Å². The molecule has 2 heterocycles. The Kier molecular flexibility index (Phi) is 3.16. The Bertz CT molecular complexity index is 694. The molecule has 1 saturated heterocycles. The lowest BCUT2D eigenvalue weighted by Crippen LogP contribution is -2.21. The molecule has 0 radical (unpaired) electrons. The van der Waals surface area contributed by atoms with Gasteiger partial charge in [-0.3, -0.25) is 4.79 Å². The van der Waals surface area contributed by atoms with Crippen LogP contribution in [0, 0.1) is 5.82 Å². The van der Waals surface area contributed by atoms with Crippen molar-refractivity contribution in [3.63, 3.8) is 0 Å². The van der Waals surface area contributed by atoms with Crippen molar-refractivity contribution in [2.24, 2.45) is 0 Å². The number of hydrogen-bond acceptors (Lipinski definition) is 3. The number of esters is 1. The van der Waals surface area contributed by atoms with Crippen LogP contribution in [0.15, 0.2) is 52.7 Å². The average molecular weight is 286 g/mol. The summed E-state index contributed by atoms with van der Waals surface area (Å²) >= 11 is 0. The Labute approximate surface area is 122 Å². The van der Waals surface area contributed by atoms with Gasteiger partial charge in [-0.25, -0.2) is 4.39 Å². The molecule has 0 atom stereocenters. The average Bonchev–Trinajstić information content (AvgIpc) is 3.01. The first-order valence-electron chi connectivity index (χ1n) is 6.72. The zero-order chi connectivity index (χ0) is 15.0. The number of carbonyl (C=O) groups excluding carboxylic acids is 1. The van der Waals surface area contributed by atoms with E-state index in [-0.39, 0.29) is 18.2 Å². The molecule has 1 aliphatic heterocycles. The maximum absolute atomic E-state index is 13.2. The van der Waals surface area contributed by atoms with Crippen LogP contribution in [0.25, 0.3) is 5.57 Å². The first-order chi connectivity index (χ1) is 9.97. The van der Waals surface area contributed by atoms with Crippen LogP contribution in [-0.2, 0) is 9.53 Å². The quantitative estimate of drug-likeness (QED) is 0.785. The molecule has 1 fully saturated rings. The first-order valence-corrected chi connectivity index (χ1v) is 6.72. The van der Waals surface area contributed by atoms with Crippen LogP contribution < -0.4 is 0 Å². The molecule has 0 aliphatic carbocycles. The third-order valence-electron chi connectivity index (χ3n) is 3.62. The number of ether oxygens (including phenoxy) is 1. The third-order valence-corrected chi connectivity index (χ3v) is 3.62. The molecule has 0 N–H and O–H groups in total. The van der Waals surface area contributed by atoms with Gasteiger partial charge in [-0.1, -0.05) is 12.1 Å². The molecule has 0 unspecified atom stereocenters. The van der Waals surface area contributed by atoms with Crippen molar-refractivity contribution in [2.75, 3.05) is 0 Å². The summed E-state index contributed by atoms with van der Waals surface area (Å²) in [6, 6.07) is 9.75. The molecule has 2 aromatic rings. The molecule has 0 saturated carbocycles. The lowest BCUT2D eigenvalue weighted by molar-refractivity contribution is -0.145. The topological polar surface area (TPSA) is 39.4 Å². The van der Waals surface area contributed by atoms with Gasteiger partial charge in [0.05, 0.1) is 12.7 Å². The second-order valence-corrected chi connectivity index (χ2v) is 5.50. The fourth-order valence-corrected chi connectivity index (χ4v) is 2.63. The zero-order valence-corrected chi connectivity index (χ0v) is 11.9. The van der Waals surface area contributed by atoms with E-state index in [1.165, 1.54) is 12.1 Å². The van der Waals surface area contributed by atoms with E-state index in [0.29, 0.717) is 5.76 Å². The second-order valence-electron chi connectivity index (χ2n) is 5.50. The highest BCUT2D eigenvalue weighted by Crippen LogP contribution is 2.40. The summed E-state index contributed by atoms with van der Waals surface area (Å²) < 4.78 is 24.0. The van der Waals surface area contributed by atoms with Crippen molar-refractivity contribution >= 4 is 11.5 Å². The van der Waals surface area contributed by atoms with Gasteiger partial charge in [0, 0.05) is 5.57 Å². The van der Waals surface area contributed by atoms with Crippen LogP contribution in [0.1, 0.15) is 31.6 Å². The van der Waals surface area contributed by atoms with Gasteiger partial charge in [0.2, 0.25) is 0 Å². The van der Waals surface area contributed by atoms with Crippen molar-refractivity contribution in [1.29, 1.82) is 0 Å². The van der Waals surface area contributed by atoms with E-state index in [1.54, 1.807) is 24.5 Å². The zero-order valence-electron chi connectivity index (χ0n) is 11.9. The highest BCUT2D eigenvalue weighted by Gasteiger charge is 2.39. The van der Waals surface area contributed by atoms with E-state index in [2.05, 4.69) is 0 Å². The molecule has 1 aliphatic rings. The summed E-state index contributed by atoms with van der Waals surface area (Å²) in [6.07, 6.45) is 1.78. The van der Waals surface area contributed by atoms with Crippen molar-refractivity contribution in [3.05, 3.63) is 65.4 Å². The molecule has 1 aromatic heterocycles. The second kappa shape index (κ2) is 4.88. The Morgan fingerprint density at radius 1 is 1.19 bits per heavy atom. The third kappa shape index (κ3) is 2.49. The number of benzene rings is 1. The van der Waals surface area contributed by atoms with Crippen LogP contribution in [0.4, 0.5) is 4.39 Å². The van der Waals surface area contributed by atoms with Gasteiger partial charge in [-0.05, 0) is 49.2 Å². The van der Waals surface area contributed by atoms with Crippen LogP contribution in [0.5, 0.6) is 0 Å². The number of halogens is 1. The number of carbonyl (C=O) groups is 1. The van der Waals surface area contributed by atoms with Gasteiger partial charge in [0.1, 0.15) is 17.2 Å². The molecule has 3 rings (SSSR count). The summed E-state index contributed by atoms with van der Waals surface area (Å²) in [6.45, 7) is 3.69. The van der Waals surface area contributed by atoms with Gasteiger partial charge in [-0.2, -0.15) is 0 Å². The maximum atomic E-state index is 13.2. The van der Waals surface area contributed by atoms with Crippen molar-refractivity contribution in [3.8, 4) is 0 Å². The molecule has 108 valence electrons. The maximum Gasteiger partial charge on any atom is 0.310 e. The van der Waals surface area contributed by atoms with E-state index >= 15 is 0 Å². The minimum Gasteiger partial charge on any atom is -0.464 e. The summed E-state index contributed by atoms with van der Waals surface area (Å²) in [5.74, 6) is 0.0738. The fourth-order valence-electron chi connectivity index (χ4n) is 2.63. The molecule has 0 spiro atoms. The first kappa shape index (κ1) is 13.6. The lowest BCUT2D eigenvalue weighted by atomic mass is 9.88. The number of rotatable bonds is 2. The van der Waals surface area contributed by atoms with Crippen LogP contribution in [0.2, 0.25) is 0 Å². The predicted molar refractivity (Wildman–Crippen MR) is 75.9 cm³/mol. The number of furan rings is 1. The minimum absolute atomic E-state index is 0.209. The molecule has 4 heteroatoms. The van der Waals surface area contributed by atoms with Gasteiger partial charge >= 0.3 is 5.97 Å². The van der Waals surface area contributed by atoms with Gasteiger partial charge < -0.3 is 9.15 Å². The Balaban J connectivity index is 2.23.